The molecule has 174 valence electrons. The van der Waals surface area contributed by atoms with Crippen molar-refractivity contribution >= 4 is 35.1 Å². The number of urea groups is 1. The maximum atomic E-state index is 13.6. The first-order valence-corrected chi connectivity index (χ1v) is 12.0. The minimum atomic E-state index is -0.417. The number of nitrogens with one attached hydrogen (secondary N) is 1. The predicted molar refractivity (Wildman–Crippen MR) is 128 cm³/mol. The molecular weight excluding hydrogens is 461 g/mol. The Kier molecular flexibility index (Phi) is 6.33. The Morgan fingerprint density at radius 3 is 2.55 bits per heavy atom. The van der Waals surface area contributed by atoms with Crippen molar-refractivity contribution in [1.82, 2.24) is 24.9 Å². The Hall–Kier alpha value is -2.16. The first-order chi connectivity index (χ1) is 15.9. The Labute approximate surface area is 203 Å². The van der Waals surface area contributed by atoms with Gasteiger partial charge in [0.05, 0.1) is 16.6 Å². The molecule has 0 aromatic heterocycles. The molecule has 33 heavy (non-hydrogen) atoms. The van der Waals surface area contributed by atoms with Crippen molar-refractivity contribution in [2.45, 2.75) is 37.9 Å². The molecule has 0 radical (unpaired) electrons. The van der Waals surface area contributed by atoms with Crippen molar-refractivity contribution in [2.75, 3.05) is 26.7 Å². The second kappa shape index (κ2) is 9.24. The van der Waals surface area contributed by atoms with Gasteiger partial charge in [0.25, 0.3) is 5.91 Å². The second-order valence-corrected chi connectivity index (χ2v) is 9.67. The van der Waals surface area contributed by atoms with E-state index in [0.717, 1.165) is 38.0 Å². The molecule has 3 saturated heterocycles. The molecule has 0 aliphatic carbocycles. The van der Waals surface area contributed by atoms with Gasteiger partial charge in [0.2, 0.25) is 0 Å². The Morgan fingerprint density at radius 2 is 1.79 bits per heavy atom. The second-order valence-electron chi connectivity index (χ2n) is 8.86. The molecule has 3 unspecified atom stereocenters. The molecule has 0 saturated carbocycles. The lowest BCUT2D eigenvalue weighted by atomic mass is 10.1. The zero-order valence-electron chi connectivity index (χ0n) is 18.5. The van der Waals surface area contributed by atoms with Crippen LogP contribution in [-0.4, -0.2) is 76.7 Å². The maximum Gasteiger partial charge on any atom is 0.328 e. The summed E-state index contributed by atoms with van der Waals surface area (Å²) in [6, 6.07) is 14.9. The molecule has 7 nitrogen and oxygen atoms in total. The van der Waals surface area contributed by atoms with Crippen molar-refractivity contribution in [1.29, 1.82) is 0 Å². The summed E-state index contributed by atoms with van der Waals surface area (Å²) < 4.78 is 0. The van der Waals surface area contributed by atoms with Gasteiger partial charge in [0.15, 0.2) is 0 Å². The van der Waals surface area contributed by atoms with Crippen LogP contribution in [0, 0.1) is 0 Å². The summed E-state index contributed by atoms with van der Waals surface area (Å²) >= 11 is 12.2. The van der Waals surface area contributed by atoms with Crippen LogP contribution in [0.5, 0.6) is 0 Å². The molecule has 3 heterocycles. The standard InChI is InChI=1S/C24H27Cl2N5O2/c1-28-21-20(22(32)31(24(28)33)15-17-8-9-18(25)19(26)14-17)30-12-5-11-29(23(30)27-21)13-10-16-6-3-2-4-7-16/h2-4,6-9,14,20-21,23,27H,5,10-13,15H2,1H3. The van der Waals surface area contributed by atoms with Crippen molar-refractivity contribution in [3.63, 3.8) is 0 Å². The van der Waals surface area contributed by atoms with Crippen molar-refractivity contribution in [3.05, 3.63) is 69.7 Å². The average Bonchev–Trinajstić information content (AvgIpc) is 3.22. The third-order valence-corrected chi connectivity index (χ3v) is 7.56. The highest BCUT2D eigenvalue weighted by atomic mass is 35.5. The molecule has 3 aliphatic rings. The van der Waals surface area contributed by atoms with Gasteiger partial charge in [-0.1, -0.05) is 59.6 Å². The van der Waals surface area contributed by atoms with Gasteiger partial charge in [-0.3, -0.25) is 24.8 Å². The molecule has 0 spiro atoms. The fraction of sp³-hybridized carbons (Fsp3) is 0.417. The first kappa shape index (κ1) is 22.6. The molecule has 3 atom stereocenters. The van der Waals surface area contributed by atoms with E-state index in [1.807, 2.05) is 6.07 Å². The van der Waals surface area contributed by atoms with Crippen molar-refractivity contribution in [2.24, 2.45) is 0 Å². The number of carbonyl (C=O) groups excluding carboxylic acids is 2. The highest BCUT2D eigenvalue weighted by Crippen LogP contribution is 2.32. The van der Waals surface area contributed by atoms with Crippen LogP contribution < -0.4 is 5.32 Å². The number of hydrogen-bond donors (Lipinski definition) is 1. The van der Waals surface area contributed by atoms with E-state index in [1.165, 1.54) is 10.5 Å². The minimum Gasteiger partial charge on any atom is -0.310 e. The summed E-state index contributed by atoms with van der Waals surface area (Å²) in [6.07, 6.45) is 1.50. The van der Waals surface area contributed by atoms with Gasteiger partial charge in [-0.25, -0.2) is 4.79 Å². The van der Waals surface area contributed by atoms with E-state index >= 15 is 0 Å². The number of imide groups is 1. The van der Waals surface area contributed by atoms with E-state index in [-0.39, 0.29) is 30.9 Å². The van der Waals surface area contributed by atoms with Crippen molar-refractivity contribution in [3.8, 4) is 0 Å². The molecule has 3 aliphatic heterocycles. The molecule has 2 aromatic carbocycles. The molecule has 2 aromatic rings. The molecule has 3 amide bonds. The van der Waals surface area contributed by atoms with Gasteiger partial charge in [-0.05, 0) is 36.1 Å². The smallest absolute Gasteiger partial charge is 0.310 e. The van der Waals surface area contributed by atoms with Crippen molar-refractivity contribution < 1.29 is 9.59 Å². The number of benzene rings is 2. The number of amides is 3. The van der Waals surface area contributed by atoms with Gasteiger partial charge < -0.3 is 4.90 Å². The summed E-state index contributed by atoms with van der Waals surface area (Å²) in [6.45, 7) is 2.82. The van der Waals surface area contributed by atoms with Crippen LogP contribution in [0.1, 0.15) is 17.5 Å². The first-order valence-electron chi connectivity index (χ1n) is 11.3. The SMILES string of the molecule is CN1C(=O)N(Cc2ccc(Cl)c(Cl)c2)C(=O)C2C1NC1N(CCc3ccccc3)CCCN21. The zero-order chi connectivity index (χ0) is 23.1. The van der Waals surface area contributed by atoms with E-state index in [9.17, 15) is 9.59 Å². The molecule has 5 rings (SSSR count). The normalized spacial score (nSPS) is 26.0. The number of halogens is 2. The Bertz CT molecular complexity index is 1050. The van der Waals surface area contributed by atoms with Crippen LogP contribution in [0.3, 0.4) is 0 Å². The molecule has 1 N–H and O–H groups in total. The number of hydrogen-bond acceptors (Lipinski definition) is 5. The van der Waals surface area contributed by atoms with Gasteiger partial charge in [-0.15, -0.1) is 0 Å². The number of nitrogens with zero attached hydrogens (tertiary/aromatic N) is 4. The van der Waals surface area contributed by atoms with E-state index in [2.05, 4.69) is 39.4 Å². The lowest BCUT2D eigenvalue weighted by Crippen LogP contribution is -2.66. The van der Waals surface area contributed by atoms with Gasteiger partial charge in [-0.2, -0.15) is 0 Å². The van der Waals surface area contributed by atoms with Crippen LogP contribution in [0.25, 0.3) is 0 Å². The highest BCUT2D eigenvalue weighted by molar-refractivity contribution is 6.42. The largest absolute Gasteiger partial charge is 0.328 e. The zero-order valence-corrected chi connectivity index (χ0v) is 20.0. The molecule has 9 heteroatoms. The maximum absolute atomic E-state index is 13.6. The fourth-order valence-electron chi connectivity index (χ4n) is 5.11. The summed E-state index contributed by atoms with van der Waals surface area (Å²) in [7, 11) is 1.76. The lowest BCUT2D eigenvalue weighted by Gasteiger charge is -2.43. The average molecular weight is 488 g/mol. The summed E-state index contributed by atoms with van der Waals surface area (Å²) in [5.74, 6) is -0.172. The summed E-state index contributed by atoms with van der Waals surface area (Å²) in [4.78, 5) is 34.3. The van der Waals surface area contributed by atoms with Crippen LogP contribution in [-0.2, 0) is 17.8 Å². The minimum absolute atomic E-state index is 0.0680. The Balaban J connectivity index is 1.34. The predicted octanol–water partition coefficient (Wildman–Crippen LogP) is 3.22. The number of rotatable bonds is 5. The van der Waals surface area contributed by atoms with E-state index < -0.39 is 6.04 Å². The Morgan fingerprint density at radius 1 is 1.00 bits per heavy atom. The quantitative estimate of drug-likeness (QED) is 0.701. The van der Waals surface area contributed by atoms with E-state index in [4.69, 9.17) is 23.2 Å². The van der Waals surface area contributed by atoms with Gasteiger partial charge >= 0.3 is 6.03 Å². The van der Waals surface area contributed by atoms with Gasteiger partial charge in [0.1, 0.15) is 18.5 Å². The fourth-order valence-corrected chi connectivity index (χ4v) is 5.43. The number of fused-ring (bicyclic) bond motifs is 3. The molecule has 3 fully saturated rings. The monoisotopic (exact) mass is 487 g/mol. The van der Waals surface area contributed by atoms with Crippen LogP contribution in [0.2, 0.25) is 10.0 Å². The third-order valence-electron chi connectivity index (χ3n) is 6.82. The molecular formula is C24H27Cl2N5O2. The van der Waals surface area contributed by atoms with Gasteiger partial charge in [0, 0.05) is 26.7 Å². The number of likely N-dealkylation sites (N-methyl/N-ethyl adjacent to an activating group) is 1. The lowest BCUT2D eigenvalue weighted by molar-refractivity contribution is -0.140. The number of carbonyl (C=O) groups is 2. The molecule has 0 bridgehead atoms. The highest BCUT2D eigenvalue weighted by Gasteiger charge is 2.55. The third kappa shape index (κ3) is 4.24. The van der Waals surface area contributed by atoms with Crippen LogP contribution >= 0.6 is 23.2 Å². The summed E-state index contributed by atoms with van der Waals surface area (Å²) in [5.41, 5.74) is 2.06. The summed E-state index contributed by atoms with van der Waals surface area (Å²) in [5, 5.41) is 4.42. The van der Waals surface area contributed by atoms with E-state index in [0.29, 0.717) is 10.0 Å². The van der Waals surface area contributed by atoms with Crippen LogP contribution in [0.15, 0.2) is 48.5 Å². The van der Waals surface area contributed by atoms with Crippen LogP contribution in [0.4, 0.5) is 4.79 Å². The van der Waals surface area contributed by atoms with E-state index in [1.54, 1.807) is 30.1 Å². The topological polar surface area (TPSA) is 59.1 Å².